The van der Waals surface area contributed by atoms with E-state index < -0.39 is 0 Å². The largest absolute Gasteiger partial charge is 0.338 e. The molecule has 0 atom stereocenters. The Morgan fingerprint density at radius 2 is 1.81 bits per heavy atom. The van der Waals surface area contributed by atoms with E-state index in [4.69, 9.17) is 11.6 Å². The number of H-pyrrole nitrogens is 1. The van der Waals surface area contributed by atoms with Crippen molar-refractivity contribution in [2.24, 2.45) is 0 Å². The monoisotopic (exact) mass is 228 g/mol. The third kappa shape index (κ3) is 1.39. The fourth-order valence-electron chi connectivity index (χ4n) is 1.79. The Kier molecular flexibility index (Phi) is 2.15. The highest BCUT2D eigenvalue weighted by atomic mass is 35.5. The van der Waals surface area contributed by atoms with Gasteiger partial charge in [0.25, 0.3) is 0 Å². The number of rotatable bonds is 1. The van der Waals surface area contributed by atoms with Gasteiger partial charge >= 0.3 is 0 Å². The lowest BCUT2D eigenvalue weighted by molar-refractivity contribution is 1.32. The van der Waals surface area contributed by atoms with E-state index >= 15 is 0 Å². The summed E-state index contributed by atoms with van der Waals surface area (Å²) in [7, 11) is 0. The summed E-state index contributed by atoms with van der Waals surface area (Å²) < 4.78 is 0. The van der Waals surface area contributed by atoms with Gasteiger partial charge in [0, 0.05) is 11.6 Å². The summed E-state index contributed by atoms with van der Waals surface area (Å²) >= 11 is 6.32. The molecule has 2 aromatic heterocycles. The van der Waals surface area contributed by atoms with Crippen molar-refractivity contribution >= 4 is 22.6 Å². The standard InChI is InChI=1S/C13H9ClN2/c14-11-10-7-4-8-15-13(10)16-12(11)9-5-2-1-3-6-9/h1-8H,(H,15,16). The molecule has 3 aromatic rings. The number of benzene rings is 1. The minimum atomic E-state index is 0.731. The van der Waals surface area contributed by atoms with Crippen LogP contribution in [0.5, 0.6) is 0 Å². The average Bonchev–Trinajstić information content (AvgIpc) is 2.69. The van der Waals surface area contributed by atoms with E-state index in [1.165, 1.54) is 0 Å². The van der Waals surface area contributed by atoms with Gasteiger partial charge in [-0.25, -0.2) is 4.98 Å². The molecule has 0 saturated carbocycles. The van der Waals surface area contributed by atoms with Crippen molar-refractivity contribution in [3.8, 4) is 11.3 Å². The molecular formula is C13H9ClN2. The summed E-state index contributed by atoms with van der Waals surface area (Å²) in [5.74, 6) is 0. The van der Waals surface area contributed by atoms with Crippen molar-refractivity contribution in [1.82, 2.24) is 9.97 Å². The number of halogens is 1. The van der Waals surface area contributed by atoms with E-state index in [-0.39, 0.29) is 0 Å². The number of nitrogens with zero attached hydrogens (tertiary/aromatic N) is 1. The lowest BCUT2D eigenvalue weighted by Gasteiger charge is -1.97. The first-order valence-electron chi connectivity index (χ1n) is 5.04. The van der Waals surface area contributed by atoms with E-state index in [1.807, 2.05) is 42.5 Å². The van der Waals surface area contributed by atoms with Crippen LogP contribution < -0.4 is 0 Å². The first kappa shape index (κ1) is 9.43. The zero-order valence-electron chi connectivity index (χ0n) is 8.44. The molecule has 0 fully saturated rings. The summed E-state index contributed by atoms with van der Waals surface area (Å²) in [5.41, 5.74) is 2.83. The Hall–Kier alpha value is -1.80. The SMILES string of the molecule is Clc1c(-c2ccccc2)[nH]c2ncccc12. The first-order valence-corrected chi connectivity index (χ1v) is 5.41. The second kappa shape index (κ2) is 3.65. The van der Waals surface area contributed by atoms with E-state index in [2.05, 4.69) is 9.97 Å². The molecule has 0 aliphatic rings. The lowest BCUT2D eigenvalue weighted by Crippen LogP contribution is -1.77. The summed E-state index contributed by atoms with van der Waals surface area (Å²) in [6.07, 6.45) is 1.75. The predicted octanol–water partition coefficient (Wildman–Crippen LogP) is 3.88. The van der Waals surface area contributed by atoms with Gasteiger partial charge in [0.05, 0.1) is 10.7 Å². The number of pyridine rings is 1. The molecule has 0 bridgehead atoms. The number of hydrogen-bond acceptors (Lipinski definition) is 1. The molecule has 0 saturated heterocycles. The molecule has 0 amide bonds. The molecule has 78 valence electrons. The fourth-order valence-corrected chi connectivity index (χ4v) is 2.10. The van der Waals surface area contributed by atoms with Gasteiger partial charge in [-0.3, -0.25) is 0 Å². The Morgan fingerprint density at radius 1 is 1.00 bits per heavy atom. The average molecular weight is 229 g/mol. The van der Waals surface area contributed by atoms with Gasteiger partial charge in [-0.15, -0.1) is 0 Å². The maximum Gasteiger partial charge on any atom is 0.139 e. The second-order valence-corrected chi connectivity index (χ2v) is 3.96. The maximum atomic E-state index is 6.32. The highest BCUT2D eigenvalue weighted by Gasteiger charge is 2.10. The molecule has 2 heterocycles. The number of aromatic nitrogens is 2. The van der Waals surface area contributed by atoms with Crippen molar-refractivity contribution in [3.05, 3.63) is 53.7 Å². The molecule has 0 radical (unpaired) electrons. The van der Waals surface area contributed by atoms with Gasteiger partial charge in [-0.2, -0.15) is 0 Å². The van der Waals surface area contributed by atoms with Crippen LogP contribution >= 0.6 is 11.6 Å². The molecule has 0 spiro atoms. The van der Waals surface area contributed by atoms with Crippen LogP contribution in [-0.4, -0.2) is 9.97 Å². The molecule has 1 N–H and O–H groups in total. The van der Waals surface area contributed by atoms with Gasteiger partial charge in [-0.05, 0) is 17.7 Å². The number of nitrogens with one attached hydrogen (secondary N) is 1. The van der Waals surface area contributed by atoms with Crippen LogP contribution in [0.2, 0.25) is 5.02 Å². The second-order valence-electron chi connectivity index (χ2n) is 3.58. The Labute approximate surface area is 97.9 Å². The van der Waals surface area contributed by atoms with Crippen LogP contribution in [0.3, 0.4) is 0 Å². The topological polar surface area (TPSA) is 28.7 Å². The fraction of sp³-hybridized carbons (Fsp3) is 0. The Bertz CT molecular complexity index is 629. The zero-order valence-corrected chi connectivity index (χ0v) is 9.20. The summed E-state index contributed by atoms with van der Waals surface area (Å²) in [6, 6.07) is 13.9. The van der Waals surface area contributed by atoms with Crippen molar-refractivity contribution in [3.63, 3.8) is 0 Å². The molecule has 16 heavy (non-hydrogen) atoms. The molecule has 3 rings (SSSR count). The highest BCUT2D eigenvalue weighted by Crippen LogP contribution is 2.32. The highest BCUT2D eigenvalue weighted by molar-refractivity contribution is 6.38. The molecular weight excluding hydrogens is 220 g/mol. The van der Waals surface area contributed by atoms with Crippen LogP contribution in [0, 0.1) is 0 Å². The van der Waals surface area contributed by atoms with Crippen LogP contribution in [0.25, 0.3) is 22.3 Å². The van der Waals surface area contributed by atoms with E-state index in [1.54, 1.807) is 6.20 Å². The van der Waals surface area contributed by atoms with Crippen LogP contribution in [0.4, 0.5) is 0 Å². The van der Waals surface area contributed by atoms with E-state index in [0.29, 0.717) is 0 Å². The smallest absolute Gasteiger partial charge is 0.139 e. The van der Waals surface area contributed by atoms with Crippen molar-refractivity contribution < 1.29 is 0 Å². The summed E-state index contributed by atoms with van der Waals surface area (Å²) in [6.45, 7) is 0. The predicted molar refractivity (Wildman–Crippen MR) is 66.5 cm³/mol. The van der Waals surface area contributed by atoms with Gasteiger partial charge < -0.3 is 4.98 Å². The van der Waals surface area contributed by atoms with Crippen LogP contribution in [0.15, 0.2) is 48.7 Å². The van der Waals surface area contributed by atoms with Crippen LogP contribution in [-0.2, 0) is 0 Å². The number of aromatic amines is 1. The summed E-state index contributed by atoms with van der Waals surface area (Å²) in [5, 5.41) is 1.69. The van der Waals surface area contributed by atoms with Gasteiger partial charge in [0.1, 0.15) is 5.65 Å². The first-order chi connectivity index (χ1) is 7.86. The minimum absolute atomic E-state index is 0.731. The van der Waals surface area contributed by atoms with Crippen LogP contribution in [0.1, 0.15) is 0 Å². The number of fused-ring (bicyclic) bond motifs is 1. The van der Waals surface area contributed by atoms with E-state index in [9.17, 15) is 0 Å². The van der Waals surface area contributed by atoms with Crippen molar-refractivity contribution in [2.45, 2.75) is 0 Å². The van der Waals surface area contributed by atoms with Gasteiger partial charge in [0.15, 0.2) is 0 Å². The lowest BCUT2D eigenvalue weighted by atomic mass is 10.1. The molecule has 0 unspecified atom stereocenters. The minimum Gasteiger partial charge on any atom is -0.338 e. The van der Waals surface area contributed by atoms with Gasteiger partial charge in [0.2, 0.25) is 0 Å². The Morgan fingerprint density at radius 3 is 2.56 bits per heavy atom. The maximum absolute atomic E-state index is 6.32. The molecule has 0 aliphatic carbocycles. The van der Waals surface area contributed by atoms with Gasteiger partial charge in [-0.1, -0.05) is 41.9 Å². The third-order valence-electron chi connectivity index (χ3n) is 2.57. The molecule has 0 aliphatic heterocycles. The molecule has 3 heteroatoms. The molecule has 1 aromatic carbocycles. The third-order valence-corrected chi connectivity index (χ3v) is 2.96. The normalized spacial score (nSPS) is 10.8. The van der Waals surface area contributed by atoms with Crippen molar-refractivity contribution in [1.29, 1.82) is 0 Å². The number of hydrogen-bond donors (Lipinski definition) is 1. The van der Waals surface area contributed by atoms with E-state index in [0.717, 1.165) is 27.3 Å². The molecule has 2 nitrogen and oxygen atoms in total. The quantitative estimate of drug-likeness (QED) is 0.673. The van der Waals surface area contributed by atoms with Crippen molar-refractivity contribution in [2.75, 3.05) is 0 Å². The Balaban J connectivity index is 2.29. The zero-order chi connectivity index (χ0) is 11.0. The summed E-state index contributed by atoms with van der Waals surface area (Å²) in [4.78, 5) is 7.49.